The highest BCUT2D eigenvalue weighted by atomic mass is 16.6. The molecule has 3 rings (SSSR count). The van der Waals surface area contributed by atoms with Gasteiger partial charge in [0.15, 0.2) is 0 Å². The molecule has 0 bridgehead atoms. The van der Waals surface area contributed by atoms with E-state index in [-0.39, 0.29) is 26.2 Å². The highest BCUT2D eigenvalue weighted by molar-refractivity contribution is 5.91. The number of ether oxygens (including phenoxy) is 4. The third-order valence-corrected chi connectivity index (χ3v) is 5.08. The number of hydrogen-bond donors (Lipinski definition) is 1. The summed E-state index contributed by atoms with van der Waals surface area (Å²) < 4.78 is 21.5. The molecule has 8 nitrogen and oxygen atoms in total. The summed E-state index contributed by atoms with van der Waals surface area (Å²) in [7, 11) is 0. The van der Waals surface area contributed by atoms with E-state index < -0.39 is 17.9 Å². The first-order valence-electron chi connectivity index (χ1n) is 11.6. The fraction of sp³-hybridized carbons (Fsp3) is 0.207. The summed E-state index contributed by atoms with van der Waals surface area (Å²) in [6.07, 6.45) is 0.446. The number of hydrogen-bond acceptors (Lipinski definition) is 7. The van der Waals surface area contributed by atoms with E-state index >= 15 is 0 Å². The first-order chi connectivity index (χ1) is 17.8. The van der Waals surface area contributed by atoms with E-state index in [1.807, 2.05) is 36.4 Å². The largest absolute Gasteiger partial charge is 0.494 e. The van der Waals surface area contributed by atoms with Crippen molar-refractivity contribution in [1.82, 2.24) is 0 Å². The zero-order valence-electron chi connectivity index (χ0n) is 20.5. The highest BCUT2D eigenvalue weighted by Gasteiger charge is 2.10. The Kier molecular flexibility index (Phi) is 9.84. The summed E-state index contributed by atoms with van der Waals surface area (Å²) in [5.74, 6) is -0.198. The average molecular weight is 505 g/mol. The molecule has 0 fully saturated rings. The van der Waals surface area contributed by atoms with Crippen LogP contribution in [0.25, 0.3) is 11.1 Å². The standard InChI is InChI=1S/C29H28O8/c1-20(2)28(32)36-19-18-35-25-11-5-21(6-12-25)22-7-15-26(16-8-22)37-29(33)23-9-13-24(14-10-23)34-17-3-4-27(30)31/h5-16H,1,3-4,17-19H2,2H3,(H,30,31). The Hall–Kier alpha value is -4.59. The molecule has 0 aliphatic carbocycles. The molecule has 0 unspecified atom stereocenters. The first kappa shape index (κ1) is 27.0. The molecule has 3 aromatic rings. The average Bonchev–Trinajstić information content (AvgIpc) is 2.90. The lowest BCUT2D eigenvalue weighted by molar-refractivity contribution is -0.139. The minimum absolute atomic E-state index is 0.0410. The molecule has 0 saturated carbocycles. The molecule has 192 valence electrons. The number of aliphatic carboxylic acids is 1. The van der Waals surface area contributed by atoms with Gasteiger partial charge in [-0.2, -0.15) is 0 Å². The molecule has 0 heterocycles. The van der Waals surface area contributed by atoms with Gasteiger partial charge in [-0.3, -0.25) is 4.79 Å². The van der Waals surface area contributed by atoms with Gasteiger partial charge in [-0.05, 0) is 73.0 Å². The van der Waals surface area contributed by atoms with Crippen LogP contribution in [0.15, 0.2) is 84.9 Å². The Morgan fingerprint density at radius 1 is 0.730 bits per heavy atom. The van der Waals surface area contributed by atoms with E-state index in [0.29, 0.717) is 34.8 Å². The van der Waals surface area contributed by atoms with Gasteiger partial charge < -0.3 is 24.1 Å². The van der Waals surface area contributed by atoms with Crippen LogP contribution in [-0.2, 0) is 14.3 Å². The van der Waals surface area contributed by atoms with Crippen LogP contribution in [-0.4, -0.2) is 42.8 Å². The maximum atomic E-state index is 12.5. The van der Waals surface area contributed by atoms with Crippen LogP contribution in [0.4, 0.5) is 0 Å². The lowest BCUT2D eigenvalue weighted by Gasteiger charge is -2.09. The second-order valence-corrected chi connectivity index (χ2v) is 8.07. The van der Waals surface area contributed by atoms with Crippen molar-refractivity contribution in [3.05, 3.63) is 90.5 Å². The van der Waals surface area contributed by atoms with Crippen molar-refractivity contribution in [2.75, 3.05) is 19.8 Å². The van der Waals surface area contributed by atoms with Gasteiger partial charge in [-0.15, -0.1) is 0 Å². The van der Waals surface area contributed by atoms with Crippen LogP contribution >= 0.6 is 0 Å². The maximum Gasteiger partial charge on any atom is 0.343 e. The summed E-state index contributed by atoms with van der Waals surface area (Å²) >= 11 is 0. The van der Waals surface area contributed by atoms with Crippen molar-refractivity contribution in [2.24, 2.45) is 0 Å². The topological polar surface area (TPSA) is 108 Å². The minimum atomic E-state index is -0.866. The Morgan fingerprint density at radius 3 is 1.78 bits per heavy atom. The van der Waals surface area contributed by atoms with E-state index in [2.05, 4.69) is 6.58 Å². The number of rotatable bonds is 13. The van der Waals surface area contributed by atoms with Crippen LogP contribution in [0.5, 0.6) is 17.2 Å². The molecule has 0 atom stereocenters. The molecule has 0 radical (unpaired) electrons. The van der Waals surface area contributed by atoms with Gasteiger partial charge in [0.25, 0.3) is 0 Å². The van der Waals surface area contributed by atoms with Crippen LogP contribution in [0.2, 0.25) is 0 Å². The van der Waals surface area contributed by atoms with Gasteiger partial charge in [0, 0.05) is 12.0 Å². The van der Waals surface area contributed by atoms with Gasteiger partial charge in [0.2, 0.25) is 0 Å². The molecular weight excluding hydrogens is 476 g/mol. The molecule has 1 N–H and O–H groups in total. The van der Waals surface area contributed by atoms with E-state index in [1.165, 1.54) is 0 Å². The predicted molar refractivity (Wildman–Crippen MR) is 137 cm³/mol. The number of carboxylic acid groups (broad SMARTS) is 1. The molecule has 0 aromatic heterocycles. The van der Waals surface area contributed by atoms with Crippen molar-refractivity contribution < 1.29 is 38.4 Å². The lowest BCUT2D eigenvalue weighted by atomic mass is 10.1. The molecule has 0 aliphatic rings. The van der Waals surface area contributed by atoms with E-state index in [4.69, 9.17) is 24.1 Å². The monoisotopic (exact) mass is 504 g/mol. The van der Waals surface area contributed by atoms with Gasteiger partial charge in [-0.25, -0.2) is 9.59 Å². The fourth-order valence-electron chi connectivity index (χ4n) is 3.14. The zero-order chi connectivity index (χ0) is 26.6. The molecule has 3 aromatic carbocycles. The summed E-state index contributed by atoms with van der Waals surface area (Å²) in [6, 6.07) is 21.1. The van der Waals surface area contributed by atoms with Crippen LogP contribution in [0.3, 0.4) is 0 Å². The van der Waals surface area contributed by atoms with Gasteiger partial charge in [0.1, 0.15) is 30.5 Å². The van der Waals surface area contributed by atoms with Gasteiger partial charge in [-0.1, -0.05) is 30.8 Å². The van der Waals surface area contributed by atoms with Gasteiger partial charge >= 0.3 is 17.9 Å². The van der Waals surface area contributed by atoms with E-state index in [1.54, 1.807) is 43.3 Å². The first-order valence-corrected chi connectivity index (χ1v) is 11.6. The van der Waals surface area contributed by atoms with Crippen molar-refractivity contribution in [3.63, 3.8) is 0 Å². The Bertz CT molecular complexity index is 1210. The summed E-state index contributed by atoms with van der Waals surface area (Å²) in [5, 5.41) is 8.65. The van der Waals surface area contributed by atoms with E-state index in [9.17, 15) is 14.4 Å². The maximum absolute atomic E-state index is 12.5. The number of benzene rings is 3. The molecule has 0 saturated heterocycles. The number of carboxylic acids is 1. The molecule has 8 heteroatoms. The highest BCUT2D eigenvalue weighted by Crippen LogP contribution is 2.25. The molecule has 0 aliphatic heterocycles. The molecule has 0 amide bonds. The molecule has 37 heavy (non-hydrogen) atoms. The summed E-state index contributed by atoms with van der Waals surface area (Å²) in [6.45, 7) is 5.77. The number of carbonyl (C=O) groups is 3. The minimum Gasteiger partial charge on any atom is -0.494 e. The summed E-state index contributed by atoms with van der Waals surface area (Å²) in [5.41, 5.74) is 2.60. The Morgan fingerprint density at radius 2 is 1.24 bits per heavy atom. The third-order valence-electron chi connectivity index (χ3n) is 5.08. The number of esters is 2. The van der Waals surface area contributed by atoms with Crippen LogP contribution in [0, 0.1) is 0 Å². The summed E-state index contributed by atoms with van der Waals surface area (Å²) in [4.78, 5) is 34.3. The van der Waals surface area contributed by atoms with Crippen molar-refractivity contribution in [2.45, 2.75) is 19.8 Å². The quantitative estimate of drug-likeness (QED) is 0.144. The van der Waals surface area contributed by atoms with Gasteiger partial charge in [0.05, 0.1) is 12.2 Å². The predicted octanol–water partition coefficient (Wildman–Crippen LogP) is 5.31. The number of carbonyl (C=O) groups excluding carboxylic acids is 2. The van der Waals surface area contributed by atoms with Crippen molar-refractivity contribution in [3.8, 4) is 28.4 Å². The smallest absolute Gasteiger partial charge is 0.343 e. The Balaban J connectivity index is 1.47. The zero-order valence-corrected chi connectivity index (χ0v) is 20.5. The molecule has 0 spiro atoms. The van der Waals surface area contributed by atoms with Crippen molar-refractivity contribution in [1.29, 1.82) is 0 Å². The van der Waals surface area contributed by atoms with Crippen molar-refractivity contribution >= 4 is 17.9 Å². The second-order valence-electron chi connectivity index (χ2n) is 8.07. The van der Waals surface area contributed by atoms with Crippen LogP contribution < -0.4 is 14.2 Å². The second kappa shape index (κ2) is 13.5. The molecular formula is C29H28O8. The Labute approximate surface area is 215 Å². The third kappa shape index (κ3) is 8.85. The lowest BCUT2D eigenvalue weighted by Crippen LogP contribution is -2.12. The normalized spacial score (nSPS) is 10.3. The SMILES string of the molecule is C=C(C)C(=O)OCCOc1ccc(-c2ccc(OC(=O)c3ccc(OCCCC(=O)O)cc3)cc2)cc1. The van der Waals surface area contributed by atoms with E-state index in [0.717, 1.165) is 11.1 Å². The fourth-order valence-corrected chi connectivity index (χ4v) is 3.14. The van der Waals surface area contributed by atoms with Crippen LogP contribution in [0.1, 0.15) is 30.1 Å².